The third-order valence-corrected chi connectivity index (χ3v) is 3.97. The number of ether oxygens (including phenoxy) is 1. The minimum absolute atomic E-state index is 0.0866. The molecule has 7 heteroatoms. The molecule has 0 unspecified atom stereocenters. The molecule has 1 heterocycles. The van der Waals surface area contributed by atoms with Crippen molar-refractivity contribution >= 4 is 28.9 Å². The fourth-order valence-corrected chi connectivity index (χ4v) is 2.80. The van der Waals surface area contributed by atoms with E-state index in [0.29, 0.717) is 21.2 Å². The van der Waals surface area contributed by atoms with Crippen molar-refractivity contribution in [2.24, 2.45) is 0 Å². The van der Waals surface area contributed by atoms with Gasteiger partial charge in [0, 0.05) is 5.56 Å². The lowest BCUT2D eigenvalue weighted by atomic mass is 10.1. The molecule has 0 fully saturated rings. The maximum absolute atomic E-state index is 8.26. The standard InChI is InChI=1S/C18H15Cl2N3O2/c1-10(2)24-12-8-6-11(7-9-12)16(21)18-22-17(23-25-18)15-13(19)4-3-5-14(15)20/h3-10,21H,1-2H3. The molecule has 3 rings (SSSR count). The largest absolute Gasteiger partial charge is 0.491 e. The van der Waals surface area contributed by atoms with Crippen LogP contribution >= 0.6 is 23.2 Å². The number of nitrogens with zero attached hydrogens (tertiary/aromatic N) is 2. The molecule has 5 nitrogen and oxygen atoms in total. The zero-order valence-corrected chi connectivity index (χ0v) is 15.1. The van der Waals surface area contributed by atoms with Crippen molar-refractivity contribution in [3.8, 4) is 17.1 Å². The topological polar surface area (TPSA) is 72.0 Å². The minimum atomic E-state index is 0.0866. The molecule has 0 amide bonds. The van der Waals surface area contributed by atoms with Gasteiger partial charge >= 0.3 is 0 Å². The first-order valence-electron chi connectivity index (χ1n) is 7.60. The highest BCUT2D eigenvalue weighted by Crippen LogP contribution is 2.32. The molecule has 25 heavy (non-hydrogen) atoms. The summed E-state index contributed by atoms with van der Waals surface area (Å²) in [5.74, 6) is 1.07. The van der Waals surface area contributed by atoms with Gasteiger partial charge in [0.15, 0.2) is 0 Å². The van der Waals surface area contributed by atoms with E-state index < -0.39 is 0 Å². The molecule has 128 valence electrons. The fourth-order valence-electron chi connectivity index (χ4n) is 2.23. The molecule has 0 saturated heterocycles. The Kier molecular flexibility index (Phi) is 5.06. The first-order valence-corrected chi connectivity index (χ1v) is 8.35. The Morgan fingerprint density at radius 3 is 2.32 bits per heavy atom. The third kappa shape index (κ3) is 3.83. The van der Waals surface area contributed by atoms with Gasteiger partial charge in [0.25, 0.3) is 5.89 Å². The summed E-state index contributed by atoms with van der Waals surface area (Å²) in [6.07, 6.45) is 0.0872. The SMILES string of the molecule is CC(C)Oc1ccc(C(=N)c2nc(-c3c(Cl)cccc3Cl)no2)cc1. The highest BCUT2D eigenvalue weighted by molar-refractivity contribution is 6.39. The van der Waals surface area contributed by atoms with E-state index in [1.54, 1.807) is 42.5 Å². The van der Waals surface area contributed by atoms with Gasteiger partial charge in [-0.15, -0.1) is 0 Å². The van der Waals surface area contributed by atoms with Crippen LogP contribution in [0.5, 0.6) is 5.75 Å². The number of rotatable bonds is 5. The summed E-state index contributed by atoms with van der Waals surface area (Å²) in [5.41, 5.74) is 1.23. The van der Waals surface area contributed by atoms with Crippen LogP contribution in [0, 0.1) is 5.41 Å². The molecule has 0 bridgehead atoms. The zero-order chi connectivity index (χ0) is 18.0. The van der Waals surface area contributed by atoms with Crippen LogP contribution in [-0.2, 0) is 0 Å². The van der Waals surface area contributed by atoms with Crippen LogP contribution in [0.3, 0.4) is 0 Å². The monoisotopic (exact) mass is 375 g/mol. The molecule has 0 saturated carbocycles. The van der Waals surface area contributed by atoms with E-state index in [-0.39, 0.29) is 23.5 Å². The molecule has 0 spiro atoms. The molecule has 2 aromatic carbocycles. The number of nitrogens with one attached hydrogen (secondary N) is 1. The Balaban J connectivity index is 1.86. The summed E-state index contributed by atoms with van der Waals surface area (Å²) in [7, 11) is 0. The van der Waals surface area contributed by atoms with E-state index in [1.807, 2.05) is 13.8 Å². The van der Waals surface area contributed by atoms with E-state index in [4.69, 9.17) is 37.9 Å². The van der Waals surface area contributed by atoms with Gasteiger partial charge < -0.3 is 9.26 Å². The molecular weight excluding hydrogens is 361 g/mol. The maximum Gasteiger partial charge on any atom is 0.276 e. The number of benzene rings is 2. The van der Waals surface area contributed by atoms with E-state index in [1.165, 1.54) is 0 Å². The summed E-state index contributed by atoms with van der Waals surface area (Å²) >= 11 is 12.3. The second-order valence-electron chi connectivity index (χ2n) is 5.59. The van der Waals surface area contributed by atoms with Crippen LogP contribution in [-0.4, -0.2) is 22.0 Å². The highest BCUT2D eigenvalue weighted by atomic mass is 35.5. The molecular formula is C18H15Cl2N3O2. The summed E-state index contributed by atoms with van der Waals surface area (Å²) < 4.78 is 10.8. The van der Waals surface area contributed by atoms with Crippen molar-refractivity contribution < 1.29 is 9.26 Å². The summed E-state index contributed by atoms with van der Waals surface area (Å²) in [6, 6.07) is 12.3. The fraction of sp³-hybridized carbons (Fsp3) is 0.167. The molecule has 0 radical (unpaired) electrons. The number of halogens is 2. The van der Waals surface area contributed by atoms with Gasteiger partial charge in [-0.3, -0.25) is 5.41 Å². The van der Waals surface area contributed by atoms with E-state index in [2.05, 4.69) is 10.1 Å². The predicted octanol–water partition coefficient (Wildman–Crippen LogP) is 5.25. The van der Waals surface area contributed by atoms with Gasteiger partial charge in [-0.2, -0.15) is 4.98 Å². The lowest BCUT2D eigenvalue weighted by molar-refractivity contribution is 0.242. The molecule has 3 aromatic rings. The van der Waals surface area contributed by atoms with E-state index in [0.717, 1.165) is 5.75 Å². The predicted molar refractivity (Wildman–Crippen MR) is 97.9 cm³/mol. The van der Waals surface area contributed by atoms with Gasteiger partial charge in [0.05, 0.1) is 21.7 Å². The Hall–Kier alpha value is -2.37. The lowest BCUT2D eigenvalue weighted by Crippen LogP contribution is -2.06. The van der Waals surface area contributed by atoms with Crippen molar-refractivity contribution in [1.29, 1.82) is 5.41 Å². The van der Waals surface area contributed by atoms with Crippen LogP contribution in [0.25, 0.3) is 11.4 Å². The van der Waals surface area contributed by atoms with Gasteiger partial charge in [-0.1, -0.05) is 34.4 Å². The van der Waals surface area contributed by atoms with Crippen molar-refractivity contribution in [2.75, 3.05) is 0 Å². The quantitative estimate of drug-likeness (QED) is 0.618. The first kappa shape index (κ1) is 17.5. The summed E-state index contributed by atoms with van der Waals surface area (Å²) in [4.78, 5) is 4.25. The highest BCUT2D eigenvalue weighted by Gasteiger charge is 2.18. The van der Waals surface area contributed by atoms with Crippen molar-refractivity contribution in [3.63, 3.8) is 0 Å². The zero-order valence-electron chi connectivity index (χ0n) is 13.6. The molecule has 0 aliphatic heterocycles. The molecule has 1 N–H and O–H groups in total. The summed E-state index contributed by atoms with van der Waals surface area (Å²) in [6.45, 7) is 3.91. The van der Waals surface area contributed by atoms with Gasteiger partial charge in [-0.25, -0.2) is 0 Å². The number of hydrogen-bond acceptors (Lipinski definition) is 5. The van der Waals surface area contributed by atoms with Crippen molar-refractivity contribution in [3.05, 3.63) is 64.0 Å². The minimum Gasteiger partial charge on any atom is -0.491 e. The van der Waals surface area contributed by atoms with E-state index >= 15 is 0 Å². The smallest absolute Gasteiger partial charge is 0.276 e. The molecule has 0 aliphatic carbocycles. The first-order chi connectivity index (χ1) is 12.0. The molecule has 1 aromatic heterocycles. The Labute approximate surface area is 155 Å². The number of aromatic nitrogens is 2. The van der Waals surface area contributed by atoms with Gasteiger partial charge in [0.2, 0.25) is 5.82 Å². The Bertz CT molecular complexity index is 885. The third-order valence-electron chi connectivity index (χ3n) is 3.34. The molecule has 0 aliphatic rings. The average molecular weight is 376 g/mol. The Morgan fingerprint density at radius 1 is 1.08 bits per heavy atom. The maximum atomic E-state index is 8.26. The second kappa shape index (κ2) is 7.25. The van der Waals surface area contributed by atoms with Crippen LogP contribution in [0.15, 0.2) is 47.0 Å². The second-order valence-corrected chi connectivity index (χ2v) is 6.40. The van der Waals surface area contributed by atoms with E-state index in [9.17, 15) is 0 Å². The summed E-state index contributed by atoms with van der Waals surface area (Å²) in [5, 5.41) is 13.0. The van der Waals surface area contributed by atoms with Crippen LogP contribution in [0.1, 0.15) is 25.3 Å². The normalized spacial score (nSPS) is 10.9. The van der Waals surface area contributed by atoms with Gasteiger partial charge in [-0.05, 0) is 50.2 Å². The lowest BCUT2D eigenvalue weighted by Gasteiger charge is -2.09. The Morgan fingerprint density at radius 2 is 1.72 bits per heavy atom. The number of hydrogen-bond donors (Lipinski definition) is 1. The molecule has 0 atom stereocenters. The van der Waals surface area contributed by atoms with Crippen LogP contribution in [0.2, 0.25) is 10.0 Å². The van der Waals surface area contributed by atoms with Crippen LogP contribution in [0.4, 0.5) is 0 Å². The van der Waals surface area contributed by atoms with Gasteiger partial charge in [0.1, 0.15) is 11.5 Å². The average Bonchev–Trinajstić information content (AvgIpc) is 3.04. The van der Waals surface area contributed by atoms with Crippen LogP contribution < -0.4 is 4.74 Å². The van der Waals surface area contributed by atoms with Crippen molar-refractivity contribution in [1.82, 2.24) is 10.1 Å². The van der Waals surface area contributed by atoms with Crippen molar-refractivity contribution in [2.45, 2.75) is 20.0 Å².